The highest BCUT2D eigenvalue weighted by Gasteiger charge is 2.37. The summed E-state index contributed by atoms with van der Waals surface area (Å²) in [5.41, 5.74) is 22.7. The van der Waals surface area contributed by atoms with Crippen LogP contribution in [0.2, 0.25) is 0 Å². The Morgan fingerprint density at radius 1 is 0.329 bits per heavy atom. The van der Waals surface area contributed by atoms with E-state index in [1.807, 2.05) is 0 Å². The number of benzene rings is 10. The van der Waals surface area contributed by atoms with Crippen molar-refractivity contribution in [1.82, 2.24) is 19.1 Å². The molecule has 0 atom stereocenters. The Hall–Kier alpha value is -8.60. The first-order chi connectivity index (χ1) is 34.3. The average Bonchev–Trinajstić information content (AvgIpc) is 4.08. The van der Waals surface area contributed by atoms with Crippen molar-refractivity contribution in [3.05, 3.63) is 229 Å². The molecule has 70 heavy (non-hydrogen) atoms. The van der Waals surface area contributed by atoms with Crippen molar-refractivity contribution in [2.75, 3.05) is 0 Å². The molecule has 2 aliphatic carbocycles. The van der Waals surface area contributed by atoms with Gasteiger partial charge in [0.05, 0.1) is 44.5 Å². The molecule has 2 aliphatic rings. The van der Waals surface area contributed by atoms with Crippen molar-refractivity contribution in [3.63, 3.8) is 0 Å². The van der Waals surface area contributed by atoms with Crippen LogP contribution < -0.4 is 0 Å². The van der Waals surface area contributed by atoms with Gasteiger partial charge in [0.25, 0.3) is 0 Å². The Morgan fingerprint density at radius 2 is 0.757 bits per heavy atom. The van der Waals surface area contributed by atoms with Crippen molar-refractivity contribution < 1.29 is 0 Å². The van der Waals surface area contributed by atoms with Gasteiger partial charge < -0.3 is 9.13 Å². The highest BCUT2D eigenvalue weighted by Crippen LogP contribution is 2.53. The quantitative estimate of drug-likeness (QED) is 0.176. The van der Waals surface area contributed by atoms with Gasteiger partial charge in [0.2, 0.25) is 0 Å². The highest BCUT2D eigenvalue weighted by atomic mass is 15.0. The highest BCUT2D eigenvalue weighted by molar-refractivity contribution is 6.36. The Labute approximate surface area is 405 Å². The van der Waals surface area contributed by atoms with Gasteiger partial charge in [-0.1, -0.05) is 179 Å². The van der Waals surface area contributed by atoms with E-state index in [0.29, 0.717) is 0 Å². The smallest absolute Gasteiger partial charge is 0.0973 e. The van der Waals surface area contributed by atoms with Gasteiger partial charge in [-0.25, -0.2) is 9.97 Å². The van der Waals surface area contributed by atoms with Gasteiger partial charge in [0.1, 0.15) is 0 Å². The third-order valence-corrected chi connectivity index (χ3v) is 16.1. The van der Waals surface area contributed by atoms with Gasteiger partial charge in [-0.05, 0) is 110 Å². The number of rotatable bonds is 4. The Balaban J connectivity index is 1.02. The summed E-state index contributed by atoms with van der Waals surface area (Å²) in [6.45, 7) is 9.40. The third-order valence-electron chi connectivity index (χ3n) is 16.1. The number of nitrogens with zero attached hydrogens (tertiary/aromatic N) is 4. The molecule has 0 unspecified atom stereocenters. The fourth-order valence-corrected chi connectivity index (χ4v) is 12.8. The van der Waals surface area contributed by atoms with Gasteiger partial charge in [-0.2, -0.15) is 0 Å². The lowest BCUT2D eigenvalue weighted by molar-refractivity contribution is 0.660. The van der Waals surface area contributed by atoms with Crippen molar-refractivity contribution in [2.24, 2.45) is 0 Å². The molecule has 0 N–H and O–H groups in total. The van der Waals surface area contributed by atoms with Crippen LogP contribution in [0.25, 0.3) is 122 Å². The van der Waals surface area contributed by atoms with Crippen LogP contribution >= 0.6 is 0 Å². The Kier molecular flexibility index (Phi) is 7.88. The van der Waals surface area contributed by atoms with Gasteiger partial charge in [0.15, 0.2) is 0 Å². The number of para-hydroxylation sites is 3. The van der Waals surface area contributed by atoms with Crippen molar-refractivity contribution in [3.8, 4) is 56.1 Å². The van der Waals surface area contributed by atoms with Crippen LogP contribution in [-0.4, -0.2) is 19.1 Å². The molecule has 4 heteroatoms. The Morgan fingerprint density at radius 3 is 1.30 bits per heavy atom. The van der Waals surface area contributed by atoms with E-state index in [2.05, 4.69) is 243 Å². The first kappa shape index (κ1) is 39.4. The summed E-state index contributed by atoms with van der Waals surface area (Å²) in [6, 6.07) is 75.9. The molecule has 0 bridgehead atoms. The molecule has 0 saturated heterocycles. The van der Waals surface area contributed by atoms with E-state index in [1.54, 1.807) is 0 Å². The predicted molar refractivity (Wildman–Crippen MR) is 292 cm³/mol. The van der Waals surface area contributed by atoms with Crippen LogP contribution in [-0.2, 0) is 10.8 Å². The lowest BCUT2D eigenvalue weighted by atomic mass is 9.81. The maximum Gasteiger partial charge on any atom is 0.0973 e. The van der Waals surface area contributed by atoms with E-state index >= 15 is 0 Å². The molecule has 0 amide bonds. The molecular weight excluding hydrogens is 849 g/mol. The minimum atomic E-state index is -0.169. The molecule has 0 saturated carbocycles. The van der Waals surface area contributed by atoms with E-state index in [4.69, 9.17) is 9.97 Å². The van der Waals surface area contributed by atoms with Crippen LogP contribution in [0.1, 0.15) is 49.9 Å². The average molecular weight is 895 g/mol. The SMILES string of the molecule is CC1(C)c2ccccc2-c2ccc(-c3nc4ccc(-n5c6ccccc6c6c7ccccc7c7c8ccccc8n(-c8ccccc8)c7c65)cc4nc3-c3ccc4c(c3)C(C)(C)c3ccccc3-4)cc21. The van der Waals surface area contributed by atoms with E-state index in [-0.39, 0.29) is 10.8 Å². The van der Waals surface area contributed by atoms with Crippen LogP contribution in [0.5, 0.6) is 0 Å². The lowest BCUT2D eigenvalue weighted by Crippen LogP contribution is -2.15. The number of fused-ring (bicyclic) bond motifs is 17. The molecule has 3 aromatic heterocycles. The lowest BCUT2D eigenvalue weighted by Gasteiger charge is -2.23. The predicted octanol–water partition coefficient (Wildman–Crippen LogP) is 16.9. The topological polar surface area (TPSA) is 35.6 Å². The second-order valence-electron chi connectivity index (χ2n) is 20.5. The standard InChI is InChI=1S/C66H46N4/c1-65(2)51-26-14-10-20-43(51)45-33-30-39(36-53(45)65)61-62(40-31-34-46-44-21-11-15-27-52(44)66(3,4)54(46)37-40)68-56-38-42(32-35-55(56)67-61)70-58-29-17-13-25-50(58)60-48-23-9-8-22-47(48)59-49-24-12-16-28-57(49)69(63(59)64(60)70)41-18-6-5-7-19-41/h5-38H,1-4H3. The largest absolute Gasteiger partial charge is 0.307 e. The summed E-state index contributed by atoms with van der Waals surface area (Å²) in [5, 5.41) is 7.43. The third kappa shape index (κ3) is 5.20. The number of hydrogen-bond donors (Lipinski definition) is 0. The second-order valence-corrected chi connectivity index (χ2v) is 20.5. The maximum absolute atomic E-state index is 5.78. The minimum absolute atomic E-state index is 0.157. The molecule has 10 aromatic carbocycles. The zero-order chi connectivity index (χ0) is 46.6. The molecule has 3 heterocycles. The maximum atomic E-state index is 5.78. The molecule has 330 valence electrons. The first-order valence-electron chi connectivity index (χ1n) is 24.5. The minimum Gasteiger partial charge on any atom is -0.307 e. The molecule has 0 aliphatic heterocycles. The summed E-state index contributed by atoms with van der Waals surface area (Å²) < 4.78 is 4.96. The molecule has 15 rings (SSSR count). The summed E-state index contributed by atoms with van der Waals surface area (Å²) in [4.78, 5) is 11.4. The molecule has 4 nitrogen and oxygen atoms in total. The zero-order valence-corrected chi connectivity index (χ0v) is 39.4. The molecular formula is C66H46N4. The zero-order valence-electron chi connectivity index (χ0n) is 39.4. The van der Waals surface area contributed by atoms with E-state index in [0.717, 1.165) is 50.4 Å². The van der Waals surface area contributed by atoms with Gasteiger partial charge in [0, 0.05) is 54.9 Å². The van der Waals surface area contributed by atoms with Crippen molar-refractivity contribution >= 4 is 65.4 Å². The monoisotopic (exact) mass is 894 g/mol. The summed E-state index contributed by atoms with van der Waals surface area (Å²) in [5.74, 6) is 0. The van der Waals surface area contributed by atoms with Gasteiger partial charge in [-0.15, -0.1) is 0 Å². The number of aromatic nitrogens is 4. The molecule has 0 spiro atoms. The van der Waals surface area contributed by atoms with E-state index in [1.165, 1.54) is 93.4 Å². The van der Waals surface area contributed by atoms with Crippen molar-refractivity contribution in [1.29, 1.82) is 0 Å². The van der Waals surface area contributed by atoms with E-state index in [9.17, 15) is 0 Å². The van der Waals surface area contributed by atoms with Crippen LogP contribution in [0.3, 0.4) is 0 Å². The second kappa shape index (κ2) is 14.0. The van der Waals surface area contributed by atoms with Crippen LogP contribution in [0.15, 0.2) is 206 Å². The molecule has 0 fully saturated rings. The fraction of sp³-hybridized carbons (Fsp3) is 0.0909. The normalized spacial score (nSPS) is 14.2. The summed E-state index contributed by atoms with van der Waals surface area (Å²) in [6.07, 6.45) is 0. The summed E-state index contributed by atoms with van der Waals surface area (Å²) >= 11 is 0. The first-order valence-corrected chi connectivity index (χ1v) is 24.5. The van der Waals surface area contributed by atoms with Gasteiger partial charge in [-0.3, -0.25) is 0 Å². The molecule has 13 aromatic rings. The van der Waals surface area contributed by atoms with Crippen LogP contribution in [0.4, 0.5) is 0 Å². The number of hydrogen-bond acceptors (Lipinski definition) is 2. The Bertz CT molecular complexity index is 4410. The molecule has 0 radical (unpaired) electrons. The van der Waals surface area contributed by atoms with Crippen LogP contribution in [0, 0.1) is 0 Å². The van der Waals surface area contributed by atoms with Crippen molar-refractivity contribution in [2.45, 2.75) is 38.5 Å². The van der Waals surface area contributed by atoms with Gasteiger partial charge >= 0.3 is 0 Å². The fourth-order valence-electron chi connectivity index (χ4n) is 12.8. The van der Waals surface area contributed by atoms with E-state index < -0.39 is 0 Å². The summed E-state index contributed by atoms with van der Waals surface area (Å²) in [7, 11) is 0.